The van der Waals surface area contributed by atoms with E-state index in [1.54, 1.807) is 24.3 Å². The molecule has 0 bridgehead atoms. The van der Waals surface area contributed by atoms with Crippen LogP contribution in [-0.2, 0) is 4.74 Å². The lowest BCUT2D eigenvalue weighted by Gasteiger charge is -2.15. The first kappa shape index (κ1) is 10.8. The molecule has 0 fully saturated rings. The molecule has 4 nitrogen and oxygen atoms in total. The molecule has 1 atom stereocenters. The van der Waals surface area contributed by atoms with Gasteiger partial charge < -0.3 is 15.8 Å². The SMILES string of the molecule is COC(NC(N)=O)c1ccc(Cl)cc1. The van der Waals surface area contributed by atoms with E-state index in [-0.39, 0.29) is 0 Å². The monoisotopic (exact) mass is 214 g/mol. The third-order valence-electron chi connectivity index (χ3n) is 1.68. The van der Waals surface area contributed by atoms with Crippen LogP contribution in [0.15, 0.2) is 24.3 Å². The Hall–Kier alpha value is -1.26. The van der Waals surface area contributed by atoms with Crippen LogP contribution in [0.25, 0.3) is 0 Å². The van der Waals surface area contributed by atoms with Crippen molar-refractivity contribution in [3.63, 3.8) is 0 Å². The van der Waals surface area contributed by atoms with Crippen LogP contribution in [0.2, 0.25) is 5.02 Å². The normalized spacial score (nSPS) is 12.1. The Morgan fingerprint density at radius 3 is 2.50 bits per heavy atom. The van der Waals surface area contributed by atoms with Crippen molar-refractivity contribution in [2.45, 2.75) is 6.23 Å². The second-order valence-electron chi connectivity index (χ2n) is 2.68. The van der Waals surface area contributed by atoms with E-state index >= 15 is 0 Å². The quantitative estimate of drug-likeness (QED) is 0.752. The number of benzene rings is 1. The van der Waals surface area contributed by atoms with Gasteiger partial charge in [-0.25, -0.2) is 4.79 Å². The van der Waals surface area contributed by atoms with Crippen molar-refractivity contribution in [1.29, 1.82) is 0 Å². The average Bonchev–Trinajstić information content (AvgIpc) is 2.15. The summed E-state index contributed by atoms with van der Waals surface area (Å²) in [5, 5.41) is 3.07. The Bertz CT molecular complexity index is 313. The molecule has 0 spiro atoms. The van der Waals surface area contributed by atoms with E-state index in [0.29, 0.717) is 5.02 Å². The van der Waals surface area contributed by atoms with Gasteiger partial charge in [-0.15, -0.1) is 0 Å². The lowest BCUT2D eigenvalue weighted by Crippen LogP contribution is -2.34. The van der Waals surface area contributed by atoms with Crippen molar-refractivity contribution < 1.29 is 9.53 Å². The number of rotatable bonds is 3. The van der Waals surface area contributed by atoms with Crippen molar-refractivity contribution in [3.8, 4) is 0 Å². The number of carbonyl (C=O) groups excluding carboxylic acids is 1. The van der Waals surface area contributed by atoms with Crippen molar-refractivity contribution in [1.82, 2.24) is 5.32 Å². The number of amides is 2. The van der Waals surface area contributed by atoms with Gasteiger partial charge in [0, 0.05) is 17.7 Å². The molecule has 76 valence electrons. The van der Waals surface area contributed by atoms with Crippen LogP contribution >= 0.6 is 11.6 Å². The van der Waals surface area contributed by atoms with Gasteiger partial charge >= 0.3 is 6.03 Å². The summed E-state index contributed by atoms with van der Waals surface area (Å²) in [7, 11) is 1.48. The van der Waals surface area contributed by atoms with Gasteiger partial charge in [-0.1, -0.05) is 23.7 Å². The highest BCUT2D eigenvalue weighted by atomic mass is 35.5. The molecule has 0 aliphatic heterocycles. The third kappa shape index (κ3) is 2.90. The van der Waals surface area contributed by atoms with E-state index in [1.165, 1.54) is 7.11 Å². The van der Waals surface area contributed by atoms with Gasteiger partial charge in [0.1, 0.15) is 0 Å². The van der Waals surface area contributed by atoms with Crippen molar-refractivity contribution in [2.75, 3.05) is 7.11 Å². The summed E-state index contributed by atoms with van der Waals surface area (Å²) in [6.07, 6.45) is -0.537. The van der Waals surface area contributed by atoms with Gasteiger partial charge in [0.25, 0.3) is 0 Å². The van der Waals surface area contributed by atoms with Crippen molar-refractivity contribution >= 4 is 17.6 Å². The molecule has 0 heterocycles. The second kappa shape index (κ2) is 4.83. The van der Waals surface area contributed by atoms with E-state index in [1.807, 2.05) is 0 Å². The van der Waals surface area contributed by atoms with Gasteiger partial charge in [-0.2, -0.15) is 0 Å². The average molecular weight is 215 g/mol. The molecule has 1 rings (SSSR count). The second-order valence-corrected chi connectivity index (χ2v) is 3.11. The maximum absolute atomic E-state index is 10.6. The predicted octanol–water partition coefficient (Wildman–Crippen LogP) is 1.65. The molecule has 1 aromatic rings. The van der Waals surface area contributed by atoms with Crippen LogP contribution in [0.5, 0.6) is 0 Å². The molecule has 3 N–H and O–H groups in total. The lowest BCUT2D eigenvalue weighted by atomic mass is 10.2. The molecule has 0 saturated heterocycles. The number of primary amides is 1. The number of halogens is 1. The first-order valence-electron chi connectivity index (χ1n) is 3.97. The maximum Gasteiger partial charge on any atom is 0.314 e. The largest absolute Gasteiger partial charge is 0.357 e. The molecule has 0 saturated carbocycles. The zero-order valence-corrected chi connectivity index (χ0v) is 8.41. The fourth-order valence-electron chi connectivity index (χ4n) is 1.05. The Kier molecular flexibility index (Phi) is 3.73. The van der Waals surface area contributed by atoms with Crippen LogP contribution in [-0.4, -0.2) is 13.1 Å². The standard InChI is InChI=1S/C9H11ClN2O2/c1-14-8(12-9(11)13)6-2-4-7(10)5-3-6/h2-5,8H,1H3,(H3,11,12,13). The number of hydrogen-bond acceptors (Lipinski definition) is 2. The molecule has 5 heteroatoms. The summed E-state index contributed by atoms with van der Waals surface area (Å²) in [4.78, 5) is 10.6. The van der Waals surface area contributed by atoms with E-state index in [0.717, 1.165) is 5.56 Å². The number of urea groups is 1. The van der Waals surface area contributed by atoms with Crippen molar-refractivity contribution in [3.05, 3.63) is 34.9 Å². The van der Waals surface area contributed by atoms with Gasteiger partial charge in [0.2, 0.25) is 0 Å². The molecular weight excluding hydrogens is 204 g/mol. The van der Waals surface area contributed by atoms with Crippen LogP contribution in [0, 0.1) is 0 Å². The number of nitrogens with two attached hydrogens (primary N) is 1. The van der Waals surface area contributed by atoms with Gasteiger partial charge in [-0.3, -0.25) is 0 Å². The first-order valence-corrected chi connectivity index (χ1v) is 4.35. The van der Waals surface area contributed by atoms with Gasteiger partial charge in [-0.05, 0) is 12.1 Å². The Labute approximate surface area is 87.0 Å². The van der Waals surface area contributed by atoms with Crippen LogP contribution < -0.4 is 11.1 Å². The summed E-state index contributed by atoms with van der Waals surface area (Å²) in [5.74, 6) is 0. The molecule has 14 heavy (non-hydrogen) atoms. The van der Waals surface area contributed by atoms with E-state index < -0.39 is 12.3 Å². The molecule has 0 aliphatic carbocycles. The smallest absolute Gasteiger partial charge is 0.314 e. The summed E-state index contributed by atoms with van der Waals surface area (Å²) >= 11 is 5.71. The molecular formula is C9H11ClN2O2. The van der Waals surface area contributed by atoms with Crippen molar-refractivity contribution in [2.24, 2.45) is 5.73 Å². The van der Waals surface area contributed by atoms with Crippen LogP contribution in [0.3, 0.4) is 0 Å². The Morgan fingerprint density at radius 1 is 1.50 bits per heavy atom. The predicted molar refractivity (Wildman–Crippen MR) is 53.9 cm³/mol. The van der Waals surface area contributed by atoms with Crippen LogP contribution in [0.1, 0.15) is 11.8 Å². The van der Waals surface area contributed by atoms with E-state index in [2.05, 4.69) is 5.32 Å². The molecule has 0 aliphatic rings. The number of hydrogen-bond donors (Lipinski definition) is 2. The summed E-state index contributed by atoms with van der Waals surface area (Å²) in [6.45, 7) is 0. The van der Waals surface area contributed by atoms with E-state index in [4.69, 9.17) is 22.1 Å². The van der Waals surface area contributed by atoms with E-state index in [9.17, 15) is 4.79 Å². The first-order chi connectivity index (χ1) is 6.63. The fourth-order valence-corrected chi connectivity index (χ4v) is 1.17. The Morgan fingerprint density at radius 2 is 2.07 bits per heavy atom. The highest BCUT2D eigenvalue weighted by Gasteiger charge is 2.10. The highest BCUT2D eigenvalue weighted by molar-refractivity contribution is 6.30. The summed E-state index contributed by atoms with van der Waals surface area (Å²) < 4.78 is 5.03. The number of methoxy groups -OCH3 is 1. The number of nitrogens with one attached hydrogen (secondary N) is 1. The fraction of sp³-hybridized carbons (Fsp3) is 0.222. The number of carbonyl (C=O) groups is 1. The topological polar surface area (TPSA) is 64.3 Å². The van der Waals surface area contributed by atoms with Gasteiger partial charge in [0.15, 0.2) is 6.23 Å². The minimum absolute atomic E-state index is 0.537. The molecule has 2 amide bonds. The molecule has 1 aromatic carbocycles. The minimum Gasteiger partial charge on any atom is -0.357 e. The maximum atomic E-state index is 10.6. The lowest BCUT2D eigenvalue weighted by molar-refractivity contribution is 0.0827. The summed E-state index contributed by atoms with van der Waals surface area (Å²) in [6, 6.07) is 6.31. The number of ether oxygens (including phenoxy) is 1. The Balaban J connectivity index is 2.78. The molecule has 1 unspecified atom stereocenters. The van der Waals surface area contributed by atoms with Crippen LogP contribution in [0.4, 0.5) is 4.79 Å². The molecule has 0 radical (unpaired) electrons. The molecule has 0 aromatic heterocycles. The zero-order valence-electron chi connectivity index (χ0n) is 7.66. The minimum atomic E-state index is -0.633. The highest BCUT2D eigenvalue weighted by Crippen LogP contribution is 2.16. The summed E-state index contributed by atoms with van der Waals surface area (Å²) in [5.41, 5.74) is 5.77. The third-order valence-corrected chi connectivity index (χ3v) is 1.93. The zero-order chi connectivity index (χ0) is 10.6. The van der Waals surface area contributed by atoms with Gasteiger partial charge in [0.05, 0.1) is 0 Å².